The number of rotatable bonds is 8. The van der Waals surface area contributed by atoms with Crippen molar-refractivity contribution in [3.8, 4) is 11.5 Å². The molecule has 0 saturated carbocycles. The molecule has 0 radical (unpaired) electrons. The number of aliphatic hydroxyl groups excluding tert-OH is 1. The van der Waals surface area contributed by atoms with Crippen LogP contribution in [-0.2, 0) is 35.0 Å². The molecule has 3 aliphatic rings. The Labute approximate surface area is 281 Å². The van der Waals surface area contributed by atoms with Crippen LogP contribution >= 0.6 is 0 Å². The smallest absolute Gasteiger partial charge is 0.471 e. The highest BCUT2D eigenvalue weighted by molar-refractivity contribution is 6.30. The molecule has 0 aromatic heterocycles. The van der Waals surface area contributed by atoms with Crippen molar-refractivity contribution in [1.29, 1.82) is 0 Å². The molecule has 2 aromatic rings. The lowest BCUT2D eigenvalue weighted by Crippen LogP contribution is -2.57. The molecule has 270 valence electrons. The minimum atomic E-state index is -5.27. The maximum absolute atomic E-state index is 13.6. The molecule has 50 heavy (non-hydrogen) atoms. The lowest BCUT2D eigenvalue weighted by Gasteiger charge is -2.43. The topological polar surface area (TPSA) is 227 Å². The van der Waals surface area contributed by atoms with Gasteiger partial charge in [0.2, 0.25) is 0 Å². The number of ether oxygens (including phenoxy) is 4. The van der Waals surface area contributed by atoms with Gasteiger partial charge in [-0.2, -0.15) is 13.2 Å². The van der Waals surface area contributed by atoms with Crippen LogP contribution in [0.1, 0.15) is 75.3 Å². The van der Waals surface area contributed by atoms with Gasteiger partial charge in [0, 0.05) is 48.1 Å². The number of hydrogen-bond donors (Lipinski definition) is 6. The van der Waals surface area contributed by atoms with E-state index >= 15 is 0 Å². The Morgan fingerprint density at radius 1 is 1.06 bits per heavy atom. The molecule has 1 heterocycles. The van der Waals surface area contributed by atoms with Crippen molar-refractivity contribution in [3.05, 3.63) is 57.6 Å². The minimum absolute atomic E-state index is 0.0550. The number of alkyl halides is 3. The van der Waals surface area contributed by atoms with Gasteiger partial charge in [0.15, 0.2) is 17.9 Å². The fourth-order valence-corrected chi connectivity index (χ4v) is 6.32. The van der Waals surface area contributed by atoms with Crippen molar-refractivity contribution in [3.63, 3.8) is 0 Å². The van der Waals surface area contributed by atoms with Crippen LogP contribution in [0.15, 0.2) is 24.3 Å². The number of esters is 1. The number of carbonyl (C=O) groups excluding carboxylic acids is 5. The van der Waals surface area contributed by atoms with E-state index in [0.29, 0.717) is 0 Å². The third-order valence-corrected chi connectivity index (χ3v) is 8.75. The zero-order valence-electron chi connectivity index (χ0n) is 26.5. The number of halogens is 3. The number of ketones is 2. The lowest BCUT2D eigenvalue weighted by molar-refractivity contribution is -0.252. The second-order valence-corrected chi connectivity index (χ2v) is 12.2. The summed E-state index contributed by atoms with van der Waals surface area (Å²) < 4.78 is 60.4. The van der Waals surface area contributed by atoms with Gasteiger partial charge in [0.25, 0.3) is 0 Å². The summed E-state index contributed by atoms with van der Waals surface area (Å²) in [7, 11) is 1.15. The van der Waals surface area contributed by atoms with Gasteiger partial charge in [0.05, 0.1) is 42.9 Å². The Kier molecular flexibility index (Phi) is 10.1. The number of benzene rings is 2. The number of nitrogens with one attached hydrogen (secondary N) is 2. The molecule has 2 amide bonds. The van der Waals surface area contributed by atoms with Gasteiger partial charge >= 0.3 is 24.1 Å². The van der Waals surface area contributed by atoms with Crippen LogP contribution in [0.25, 0.3) is 0 Å². The summed E-state index contributed by atoms with van der Waals surface area (Å²) in [5, 5.41) is 49.2. The molecule has 15 nitrogen and oxygen atoms in total. The monoisotopic (exact) mass is 710 g/mol. The predicted octanol–water partition coefficient (Wildman–Crippen LogP) is 1.44. The van der Waals surface area contributed by atoms with E-state index in [4.69, 9.17) is 14.2 Å². The van der Waals surface area contributed by atoms with E-state index in [0.717, 1.165) is 7.11 Å². The van der Waals surface area contributed by atoms with Crippen LogP contribution in [0.3, 0.4) is 0 Å². The zero-order valence-corrected chi connectivity index (χ0v) is 26.5. The first kappa shape index (κ1) is 36.5. The van der Waals surface area contributed by atoms with Gasteiger partial charge in [-0.05, 0) is 6.92 Å². The standard InChI is InChI=1S/C32H33F3N2O13/c1-13-24(39)17(37-29(44)32(33,34)35)9-20(49-13)50-18-11-31(46,12-48-30(45)36-8-7-19(38)47-2)10-16-21(18)28(43)23-22(27(16)42)25(40)14-5-3-4-6-15(14)26(23)41/h3-6,13,17-18,20,24,39,42-43,46H,7-12H2,1-2H3,(H,36,45)(H,37,44)/t13-,17+,18+,20+,24+,31?/m1/s1. The van der Waals surface area contributed by atoms with Gasteiger partial charge in [-0.25, -0.2) is 4.79 Å². The van der Waals surface area contributed by atoms with E-state index in [1.807, 2.05) is 0 Å². The zero-order chi connectivity index (χ0) is 36.7. The van der Waals surface area contributed by atoms with Crippen LogP contribution in [-0.4, -0.2) is 107 Å². The van der Waals surface area contributed by atoms with Crippen LogP contribution in [0, 0.1) is 0 Å². The van der Waals surface area contributed by atoms with Crippen molar-refractivity contribution in [2.24, 2.45) is 0 Å². The predicted molar refractivity (Wildman–Crippen MR) is 159 cm³/mol. The van der Waals surface area contributed by atoms with Gasteiger partial charge < -0.3 is 50.0 Å². The minimum Gasteiger partial charge on any atom is -0.507 e. The highest BCUT2D eigenvalue weighted by Gasteiger charge is 2.49. The number of amides is 2. The maximum Gasteiger partial charge on any atom is 0.471 e. The summed E-state index contributed by atoms with van der Waals surface area (Å²) in [4.78, 5) is 62.5. The van der Waals surface area contributed by atoms with Gasteiger partial charge in [-0.3, -0.25) is 19.2 Å². The molecule has 2 aromatic carbocycles. The summed E-state index contributed by atoms with van der Waals surface area (Å²) in [5.74, 6) is -6.11. The van der Waals surface area contributed by atoms with E-state index in [1.54, 1.807) is 5.32 Å². The van der Waals surface area contributed by atoms with Crippen LogP contribution < -0.4 is 10.6 Å². The number of phenols is 2. The molecule has 1 aliphatic heterocycles. The molecular weight excluding hydrogens is 677 g/mol. The largest absolute Gasteiger partial charge is 0.507 e. The average Bonchev–Trinajstić information content (AvgIpc) is 3.05. The number of aliphatic hydroxyl groups is 2. The highest BCUT2D eigenvalue weighted by atomic mass is 19.4. The first-order valence-electron chi connectivity index (χ1n) is 15.3. The fourth-order valence-electron chi connectivity index (χ4n) is 6.32. The van der Waals surface area contributed by atoms with Crippen molar-refractivity contribution >= 4 is 29.5 Å². The third-order valence-electron chi connectivity index (χ3n) is 8.75. The summed E-state index contributed by atoms with van der Waals surface area (Å²) >= 11 is 0. The van der Waals surface area contributed by atoms with E-state index in [1.165, 1.54) is 31.2 Å². The first-order valence-corrected chi connectivity index (χ1v) is 15.3. The summed E-state index contributed by atoms with van der Waals surface area (Å²) in [5.41, 5.74) is -3.82. The Bertz CT molecular complexity index is 1730. The maximum atomic E-state index is 13.6. The SMILES string of the molecule is COC(=O)CCNC(=O)OCC1(O)Cc2c(O)c3c(c(O)c2[C@@H](O[C@H]2C[C@H](NC(=O)C(F)(F)F)[C@@H](O)[C@@H](C)O2)C1)C(=O)c1ccccc1C3=O. The Hall–Kier alpha value is -4.78. The molecule has 1 saturated heterocycles. The fraction of sp³-hybridized carbons (Fsp3) is 0.469. The molecular formula is C32H33F3N2O13. The number of phenolic OH excluding ortho intramolecular Hbond substituents is 2. The van der Waals surface area contributed by atoms with Crippen LogP contribution in [0.5, 0.6) is 11.5 Å². The molecule has 0 bridgehead atoms. The van der Waals surface area contributed by atoms with Gasteiger partial charge in [0.1, 0.15) is 29.8 Å². The summed E-state index contributed by atoms with van der Waals surface area (Å²) in [6.07, 6.45) is -14.0. The van der Waals surface area contributed by atoms with Crippen LogP contribution in [0.2, 0.25) is 0 Å². The number of carbonyl (C=O) groups is 5. The molecule has 5 rings (SSSR count). The second-order valence-electron chi connectivity index (χ2n) is 12.2. The first-order chi connectivity index (χ1) is 23.5. The number of hydrogen-bond acceptors (Lipinski definition) is 13. The second kappa shape index (κ2) is 13.9. The molecule has 2 aliphatic carbocycles. The van der Waals surface area contributed by atoms with Crippen LogP contribution in [0.4, 0.5) is 18.0 Å². The Balaban J connectivity index is 1.50. The van der Waals surface area contributed by atoms with E-state index in [-0.39, 0.29) is 35.2 Å². The van der Waals surface area contributed by atoms with E-state index in [2.05, 4.69) is 10.1 Å². The molecule has 18 heteroatoms. The highest BCUT2D eigenvalue weighted by Crippen LogP contribution is 2.52. The summed E-state index contributed by atoms with van der Waals surface area (Å²) in [6.45, 7) is 0.354. The quantitative estimate of drug-likeness (QED) is 0.144. The molecule has 1 fully saturated rings. The van der Waals surface area contributed by atoms with E-state index in [9.17, 15) is 57.6 Å². The molecule has 0 spiro atoms. The number of aromatic hydroxyl groups is 2. The Morgan fingerprint density at radius 2 is 1.68 bits per heavy atom. The molecule has 6 N–H and O–H groups in total. The van der Waals surface area contributed by atoms with Crippen molar-refractivity contribution in [2.75, 3.05) is 20.3 Å². The number of methoxy groups -OCH3 is 1. The molecule has 1 unspecified atom stereocenters. The van der Waals surface area contributed by atoms with Gasteiger partial charge in [-0.15, -0.1) is 0 Å². The van der Waals surface area contributed by atoms with Crippen molar-refractivity contribution < 1.29 is 76.5 Å². The third kappa shape index (κ3) is 7.09. The van der Waals surface area contributed by atoms with Gasteiger partial charge in [-0.1, -0.05) is 24.3 Å². The normalized spacial score (nSPS) is 25.9. The molecule has 6 atom stereocenters. The van der Waals surface area contributed by atoms with Crippen molar-refractivity contribution in [2.45, 2.75) is 75.0 Å². The average molecular weight is 711 g/mol. The Morgan fingerprint density at radius 3 is 2.28 bits per heavy atom. The summed E-state index contributed by atoms with van der Waals surface area (Å²) in [6, 6.07) is 4.16. The lowest BCUT2D eigenvalue weighted by atomic mass is 9.73. The number of alkyl carbamates (subject to hydrolysis) is 1. The van der Waals surface area contributed by atoms with Crippen molar-refractivity contribution in [1.82, 2.24) is 10.6 Å². The van der Waals surface area contributed by atoms with E-state index < -0.39 is 120 Å². The number of fused-ring (bicyclic) bond motifs is 3.